The van der Waals surface area contributed by atoms with Gasteiger partial charge in [0.25, 0.3) is 0 Å². The quantitative estimate of drug-likeness (QED) is 0.311. The molecule has 4 fully saturated rings. The van der Waals surface area contributed by atoms with Crippen LogP contribution in [0.2, 0.25) is 0 Å². The molecule has 2 bridgehead atoms. The van der Waals surface area contributed by atoms with Crippen molar-refractivity contribution in [2.24, 2.45) is 5.92 Å². The molecule has 0 amide bonds. The van der Waals surface area contributed by atoms with Crippen LogP contribution in [0.4, 0.5) is 5.82 Å². The van der Waals surface area contributed by atoms with E-state index in [4.69, 9.17) is 15.1 Å². The molecule has 2 atom stereocenters. The molecule has 0 aromatic carbocycles. The fraction of sp³-hybridized carbons (Fsp3) is 0.438. The first-order valence-electron chi connectivity index (χ1n) is 14.8. The van der Waals surface area contributed by atoms with Gasteiger partial charge in [0.2, 0.25) is 5.88 Å². The highest BCUT2D eigenvalue weighted by Crippen LogP contribution is 2.36. The van der Waals surface area contributed by atoms with Crippen LogP contribution in [0, 0.1) is 22.7 Å². The number of allylic oxidation sites excluding steroid dienone is 3. The van der Waals surface area contributed by atoms with Gasteiger partial charge >= 0.3 is 0 Å². The van der Waals surface area contributed by atoms with Gasteiger partial charge in [0.15, 0.2) is 0 Å². The molecular weight excluding hydrogens is 526 g/mol. The second-order valence-electron chi connectivity index (χ2n) is 11.7. The summed E-state index contributed by atoms with van der Waals surface area (Å²) >= 11 is 0. The Balaban J connectivity index is 1.13. The van der Waals surface area contributed by atoms with Crippen molar-refractivity contribution in [1.82, 2.24) is 30.4 Å². The van der Waals surface area contributed by atoms with Gasteiger partial charge in [0.1, 0.15) is 11.9 Å². The summed E-state index contributed by atoms with van der Waals surface area (Å²) in [6, 6.07) is 11.3. The molecule has 2 aromatic rings. The minimum atomic E-state index is 0.291. The van der Waals surface area contributed by atoms with E-state index in [0.717, 1.165) is 68.1 Å². The van der Waals surface area contributed by atoms with Crippen molar-refractivity contribution < 1.29 is 4.74 Å². The SMILES string of the molecule is COc1ccc(CN2C3CC2CN(c2ccc(C4=CC(NCC5CCN(C)CC5)=CN/C4=C(/C#N)C=N)cn2)C3)cn1. The lowest BCUT2D eigenvalue weighted by molar-refractivity contribution is -0.00877. The molecule has 10 nitrogen and oxygen atoms in total. The van der Waals surface area contributed by atoms with Crippen molar-refractivity contribution in [3.05, 3.63) is 77.0 Å². The largest absolute Gasteiger partial charge is 0.481 e. The van der Waals surface area contributed by atoms with Crippen molar-refractivity contribution >= 4 is 17.6 Å². The van der Waals surface area contributed by atoms with Crippen molar-refractivity contribution in [2.75, 3.05) is 51.8 Å². The van der Waals surface area contributed by atoms with Crippen molar-refractivity contribution in [3.63, 3.8) is 0 Å². The maximum atomic E-state index is 9.68. The van der Waals surface area contributed by atoms with E-state index in [1.54, 1.807) is 7.11 Å². The number of nitriles is 1. The zero-order valence-corrected chi connectivity index (χ0v) is 24.4. The number of piperidine rings is 2. The number of hydrogen-bond acceptors (Lipinski definition) is 10. The fourth-order valence-electron chi connectivity index (χ4n) is 6.44. The number of fused-ring (bicyclic) bond motifs is 2. The molecule has 7 heterocycles. The monoisotopic (exact) mass is 565 g/mol. The normalized spacial score (nSPS) is 24.0. The van der Waals surface area contributed by atoms with Gasteiger partial charge in [-0.2, -0.15) is 5.26 Å². The molecule has 0 radical (unpaired) electrons. The van der Waals surface area contributed by atoms with Gasteiger partial charge in [-0.15, -0.1) is 0 Å². The molecule has 4 saturated heterocycles. The average molecular weight is 566 g/mol. The number of hydrogen-bond donors (Lipinski definition) is 3. The number of methoxy groups -OCH3 is 1. The number of aromatic nitrogens is 2. The molecule has 7 rings (SSSR count). The van der Waals surface area contributed by atoms with Gasteiger partial charge in [-0.3, -0.25) is 4.90 Å². The van der Waals surface area contributed by atoms with E-state index in [0.29, 0.717) is 35.2 Å². The summed E-state index contributed by atoms with van der Waals surface area (Å²) < 4.78 is 5.19. The highest BCUT2D eigenvalue weighted by Gasteiger charge is 2.44. The van der Waals surface area contributed by atoms with Crippen LogP contribution in [0.15, 0.2) is 65.9 Å². The summed E-state index contributed by atoms with van der Waals surface area (Å²) in [5, 5.41) is 24.3. The summed E-state index contributed by atoms with van der Waals surface area (Å²) in [7, 11) is 3.82. The second-order valence-corrected chi connectivity index (χ2v) is 11.7. The number of anilines is 1. The third kappa shape index (κ3) is 5.89. The van der Waals surface area contributed by atoms with Crippen LogP contribution in [0.1, 0.15) is 30.4 Å². The molecule has 2 aromatic heterocycles. The van der Waals surface area contributed by atoms with E-state index < -0.39 is 0 Å². The summed E-state index contributed by atoms with van der Waals surface area (Å²) in [4.78, 5) is 16.5. The topological polar surface area (TPSA) is 116 Å². The Labute approximate surface area is 247 Å². The van der Waals surface area contributed by atoms with Gasteiger partial charge in [-0.1, -0.05) is 6.07 Å². The number of dihydropyridines is 1. The highest BCUT2D eigenvalue weighted by atomic mass is 16.5. The predicted octanol–water partition coefficient (Wildman–Crippen LogP) is 3.13. The summed E-state index contributed by atoms with van der Waals surface area (Å²) in [6.45, 7) is 5.98. The predicted molar refractivity (Wildman–Crippen MR) is 164 cm³/mol. The van der Waals surface area contributed by atoms with E-state index in [1.165, 1.54) is 24.8 Å². The Morgan fingerprint density at radius 2 is 1.98 bits per heavy atom. The smallest absolute Gasteiger partial charge is 0.212 e. The van der Waals surface area contributed by atoms with Gasteiger partial charge in [-0.25, -0.2) is 9.97 Å². The first-order valence-corrected chi connectivity index (χ1v) is 14.8. The molecule has 42 heavy (non-hydrogen) atoms. The van der Waals surface area contributed by atoms with E-state index in [9.17, 15) is 5.26 Å². The Hall–Kier alpha value is -4.20. The number of ether oxygens (including phenoxy) is 1. The highest BCUT2D eigenvalue weighted by molar-refractivity contribution is 5.93. The molecule has 218 valence electrons. The fourth-order valence-corrected chi connectivity index (χ4v) is 6.44. The van der Waals surface area contributed by atoms with Crippen LogP contribution in [0.5, 0.6) is 5.88 Å². The Morgan fingerprint density at radius 1 is 1.17 bits per heavy atom. The number of nitrogens with zero attached hydrogens (tertiary/aromatic N) is 6. The number of pyridine rings is 2. The molecule has 0 saturated carbocycles. The zero-order chi connectivity index (χ0) is 29.1. The van der Waals surface area contributed by atoms with Crippen LogP contribution in [0.25, 0.3) is 5.57 Å². The Morgan fingerprint density at radius 3 is 2.62 bits per heavy atom. The molecule has 5 aliphatic heterocycles. The summed E-state index contributed by atoms with van der Waals surface area (Å²) in [5.41, 5.74) is 4.88. The molecule has 3 N–H and O–H groups in total. The summed E-state index contributed by atoms with van der Waals surface area (Å²) in [6.07, 6.45) is 12.5. The van der Waals surface area contributed by atoms with Crippen LogP contribution in [0.3, 0.4) is 0 Å². The number of rotatable bonds is 9. The number of nitrogens with one attached hydrogen (secondary N) is 3. The third-order valence-electron chi connectivity index (χ3n) is 9.01. The molecule has 0 aliphatic carbocycles. The molecular formula is C32H39N9O. The van der Waals surface area contributed by atoms with E-state index in [1.807, 2.05) is 24.7 Å². The Bertz CT molecular complexity index is 1400. The van der Waals surface area contributed by atoms with Gasteiger partial charge in [0.05, 0.1) is 24.1 Å². The lowest BCUT2D eigenvalue weighted by atomic mass is 9.87. The maximum Gasteiger partial charge on any atom is 0.212 e. The van der Waals surface area contributed by atoms with Crippen molar-refractivity contribution in [2.45, 2.75) is 37.9 Å². The molecule has 5 aliphatic rings. The van der Waals surface area contributed by atoms with E-state index in [2.05, 4.69) is 67.7 Å². The van der Waals surface area contributed by atoms with Crippen LogP contribution in [-0.2, 0) is 6.54 Å². The first kappa shape index (κ1) is 27.9. The van der Waals surface area contributed by atoms with E-state index >= 15 is 0 Å². The summed E-state index contributed by atoms with van der Waals surface area (Å²) in [5.74, 6) is 2.26. The zero-order valence-electron chi connectivity index (χ0n) is 24.4. The number of piperazine rings is 1. The van der Waals surface area contributed by atoms with Crippen molar-refractivity contribution in [3.8, 4) is 11.9 Å². The minimum Gasteiger partial charge on any atom is -0.481 e. The van der Waals surface area contributed by atoms with Crippen LogP contribution < -0.4 is 20.3 Å². The van der Waals surface area contributed by atoms with Gasteiger partial charge in [0, 0.05) is 80.3 Å². The molecule has 0 spiro atoms. The van der Waals surface area contributed by atoms with E-state index in [-0.39, 0.29) is 0 Å². The van der Waals surface area contributed by atoms with Gasteiger partial charge in [-0.05, 0) is 69.1 Å². The first-order chi connectivity index (χ1) is 20.5. The Kier molecular flexibility index (Phi) is 8.22. The van der Waals surface area contributed by atoms with Crippen LogP contribution in [-0.4, -0.2) is 84.9 Å². The lowest BCUT2D eigenvalue weighted by Crippen LogP contribution is -2.68. The van der Waals surface area contributed by atoms with Crippen LogP contribution >= 0.6 is 0 Å². The third-order valence-corrected chi connectivity index (χ3v) is 9.01. The second kappa shape index (κ2) is 12.3. The lowest BCUT2D eigenvalue weighted by Gasteiger charge is -2.56. The average Bonchev–Trinajstić information content (AvgIpc) is 3.04. The maximum absolute atomic E-state index is 9.68. The van der Waals surface area contributed by atoms with Crippen molar-refractivity contribution in [1.29, 1.82) is 10.7 Å². The number of likely N-dealkylation sites (tertiary alicyclic amines) is 1. The molecule has 10 heteroatoms. The standard InChI is InChI=1S/C32H39N9O/c1-39-9-7-22(8-10-39)15-35-26-11-29(32(38-18-26)25(13-33)14-34)24-4-5-30(36-17-24)40-20-27-12-28(21-40)41(27)19-23-3-6-31(42-2)37-16-23/h3-6,11,13,16-18,22,27-28,33,35,38H,7-10,12,15,19-21H2,1-2H3/b32-25+,33-13?. The minimum absolute atomic E-state index is 0.291. The molecule has 2 unspecified atom stereocenters. The van der Waals surface area contributed by atoms with Gasteiger partial charge < -0.3 is 30.6 Å².